The van der Waals surface area contributed by atoms with Crippen molar-refractivity contribution in [2.75, 3.05) is 0 Å². The maximum absolute atomic E-state index is 13.3. The highest BCUT2D eigenvalue weighted by atomic mass is 19.4. The largest absolute Gasteiger partial charge is 0.508 e. The van der Waals surface area contributed by atoms with E-state index in [-0.39, 0.29) is 40.8 Å². The van der Waals surface area contributed by atoms with Crippen LogP contribution in [-0.2, 0) is 6.42 Å². The summed E-state index contributed by atoms with van der Waals surface area (Å²) in [6.45, 7) is 6.41. The monoisotopic (exact) mass is 516 g/mol. The minimum absolute atomic E-state index is 0.0732. The summed E-state index contributed by atoms with van der Waals surface area (Å²) in [4.78, 5) is 0. The predicted octanol–water partition coefficient (Wildman–Crippen LogP) is 6.90. The lowest BCUT2D eigenvalue weighted by Gasteiger charge is -2.60. The number of alkyl halides is 5. The van der Waals surface area contributed by atoms with Crippen LogP contribution in [-0.4, -0.2) is 39.6 Å². The highest BCUT2D eigenvalue weighted by molar-refractivity contribution is 5.43. The van der Waals surface area contributed by atoms with Crippen molar-refractivity contribution in [2.45, 2.75) is 101 Å². The molecular weight excluding hydrogens is 479 g/mol. The summed E-state index contributed by atoms with van der Waals surface area (Å²) >= 11 is 0. The van der Waals surface area contributed by atoms with Gasteiger partial charge in [-0.3, -0.25) is 0 Å². The summed E-state index contributed by atoms with van der Waals surface area (Å²) in [5.74, 6) is -4.30. The lowest BCUT2D eigenvalue weighted by Crippen LogP contribution is -2.54. The second-order valence-electron chi connectivity index (χ2n) is 11.6. The molecule has 2 saturated carbocycles. The van der Waals surface area contributed by atoms with Gasteiger partial charge in [0.2, 0.25) is 0 Å². The van der Waals surface area contributed by atoms with Crippen LogP contribution in [0, 0.1) is 22.7 Å². The lowest BCUT2D eigenvalue weighted by molar-refractivity contribution is -0.313. The van der Waals surface area contributed by atoms with Gasteiger partial charge in [-0.2, -0.15) is 22.0 Å². The van der Waals surface area contributed by atoms with Crippen LogP contribution >= 0.6 is 0 Å². The predicted molar refractivity (Wildman–Crippen MR) is 127 cm³/mol. The maximum atomic E-state index is 13.3. The summed E-state index contributed by atoms with van der Waals surface area (Å²) in [5.41, 5.74) is 1.83. The fourth-order valence-corrected chi connectivity index (χ4v) is 7.98. The Morgan fingerprint density at radius 3 is 2.53 bits per heavy atom. The molecule has 4 rings (SSSR count). The van der Waals surface area contributed by atoms with Gasteiger partial charge in [-0.25, -0.2) is 0 Å². The zero-order chi connectivity index (χ0) is 26.5. The Hall–Kier alpha value is -1.67. The zero-order valence-corrected chi connectivity index (χ0v) is 20.7. The second-order valence-corrected chi connectivity index (χ2v) is 11.6. The molecule has 0 radical (unpaired) electrons. The minimum Gasteiger partial charge on any atom is -0.508 e. The molecule has 202 valence electrons. The van der Waals surface area contributed by atoms with Crippen molar-refractivity contribution in [3.05, 3.63) is 42.0 Å². The van der Waals surface area contributed by atoms with E-state index in [0.29, 0.717) is 12.8 Å². The third-order valence-electron chi connectivity index (χ3n) is 9.71. The first-order valence-electron chi connectivity index (χ1n) is 13.0. The van der Waals surface area contributed by atoms with E-state index in [1.807, 2.05) is 12.1 Å². The van der Waals surface area contributed by atoms with Gasteiger partial charge in [0.25, 0.3) is 0 Å². The molecule has 36 heavy (non-hydrogen) atoms. The maximum Gasteiger partial charge on any atom is 0.456 e. The van der Waals surface area contributed by atoms with Crippen LogP contribution in [0.15, 0.2) is 30.9 Å². The number of hydrogen-bond donors (Lipinski definition) is 3. The summed E-state index contributed by atoms with van der Waals surface area (Å²) in [6.07, 6.45) is -1.44. The number of fused-ring (bicyclic) bond motifs is 5. The Bertz CT molecular complexity index is 963. The molecule has 0 saturated heterocycles. The molecule has 3 aliphatic rings. The summed E-state index contributed by atoms with van der Waals surface area (Å²) in [7, 11) is 0. The van der Waals surface area contributed by atoms with Gasteiger partial charge in [-0.05, 0) is 96.8 Å². The quantitative estimate of drug-likeness (QED) is 0.200. The molecule has 2 fully saturated rings. The number of hydrogen-bond acceptors (Lipinski definition) is 3. The van der Waals surface area contributed by atoms with Gasteiger partial charge < -0.3 is 15.3 Å². The summed E-state index contributed by atoms with van der Waals surface area (Å²) in [6, 6.07) is 5.51. The van der Waals surface area contributed by atoms with E-state index >= 15 is 0 Å². The Morgan fingerprint density at radius 1 is 1.14 bits per heavy atom. The molecule has 0 spiro atoms. The molecule has 3 aliphatic carbocycles. The lowest BCUT2D eigenvalue weighted by atomic mass is 9.44. The molecule has 8 heteroatoms. The SMILES string of the molecule is C=C[C@]12CCc3cc(O)ccc3[C@H]1[C@@H](CCCCC[C@@H](O)C(F)(F)C(F)(F)F)C[C@@]1(C)[C@H]2CC[C@@H]1O. The fourth-order valence-electron chi connectivity index (χ4n) is 7.98. The third kappa shape index (κ3) is 4.36. The molecular formula is C28H37F5O3. The van der Waals surface area contributed by atoms with Crippen LogP contribution in [0.5, 0.6) is 5.75 Å². The summed E-state index contributed by atoms with van der Waals surface area (Å²) in [5, 5.41) is 30.5. The van der Waals surface area contributed by atoms with Crippen LogP contribution in [0.1, 0.15) is 81.8 Å². The molecule has 3 nitrogen and oxygen atoms in total. The number of unbranched alkanes of at least 4 members (excludes halogenated alkanes) is 2. The van der Waals surface area contributed by atoms with E-state index in [4.69, 9.17) is 0 Å². The molecule has 0 unspecified atom stereocenters. The van der Waals surface area contributed by atoms with Crippen LogP contribution < -0.4 is 0 Å². The molecule has 0 heterocycles. The molecule has 7 atom stereocenters. The molecule has 1 aromatic rings. The number of benzene rings is 1. The average molecular weight is 517 g/mol. The molecule has 0 bridgehead atoms. The second kappa shape index (κ2) is 9.57. The van der Waals surface area contributed by atoms with Gasteiger partial charge in [0.05, 0.1) is 6.10 Å². The van der Waals surface area contributed by atoms with Gasteiger partial charge in [0.15, 0.2) is 0 Å². The van der Waals surface area contributed by atoms with Crippen molar-refractivity contribution in [3.8, 4) is 5.75 Å². The number of phenolic OH excluding ortho intramolecular Hbond substituents is 1. The standard InChI is InChI=1S/C28H37F5O3/c1-3-26-14-13-17-15-19(34)9-10-20(17)24(26)18(16-25(2)21(26)11-12-22(25)35)7-5-4-6-8-23(36)27(29,30)28(31,32)33/h3,9-10,15,18,21-24,34-36H,1,4-8,11-14,16H2,2H3/t18-,21+,22-,23+,24+,25-,26+/m0/s1. The van der Waals surface area contributed by atoms with E-state index in [9.17, 15) is 37.3 Å². The van der Waals surface area contributed by atoms with E-state index < -0.39 is 30.7 Å². The van der Waals surface area contributed by atoms with Crippen LogP contribution in [0.4, 0.5) is 22.0 Å². The topological polar surface area (TPSA) is 60.7 Å². The first-order chi connectivity index (χ1) is 16.8. The van der Waals surface area contributed by atoms with Gasteiger partial charge in [-0.1, -0.05) is 38.3 Å². The highest BCUT2D eigenvalue weighted by Gasteiger charge is 2.63. The summed E-state index contributed by atoms with van der Waals surface area (Å²) < 4.78 is 64.2. The fraction of sp³-hybridized carbons (Fsp3) is 0.714. The van der Waals surface area contributed by atoms with E-state index in [0.717, 1.165) is 44.1 Å². The highest BCUT2D eigenvalue weighted by Crippen LogP contribution is 2.69. The Balaban J connectivity index is 1.52. The van der Waals surface area contributed by atoms with E-state index in [1.54, 1.807) is 6.07 Å². The average Bonchev–Trinajstić information content (AvgIpc) is 3.11. The molecule has 0 amide bonds. The molecule has 0 aromatic heterocycles. The Morgan fingerprint density at radius 2 is 1.86 bits per heavy atom. The smallest absolute Gasteiger partial charge is 0.456 e. The third-order valence-corrected chi connectivity index (χ3v) is 9.71. The number of aliphatic hydroxyl groups is 2. The number of phenols is 1. The minimum atomic E-state index is -5.76. The number of allylic oxidation sites excluding steroid dienone is 1. The van der Waals surface area contributed by atoms with Crippen molar-refractivity contribution in [2.24, 2.45) is 22.7 Å². The van der Waals surface area contributed by atoms with Gasteiger partial charge in [-0.15, -0.1) is 6.58 Å². The Kier molecular flexibility index (Phi) is 7.28. The van der Waals surface area contributed by atoms with Crippen LogP contribution in [0.2, 0.25) is 0 Å². The number of rotatable bonds is 8. The van der Waals surface area contributed by atoms with Gasteiger partial charge >= 0.3 is 12.1 Å². The Labute approximate surface area is 209 Å². The van der Waals surface area contributed by atoms with Gasteiger partial charge in [0, 0.05) is 0 Å². The number of aliphatic hydroxyl groups excluding tert-OH is 2. The van der Waals surface area contributed by atoms with E-state index in [2.05, 4.69) is 19.6 Å². The molecule has 0 aliphatic heterocycles. The van der Waals surface area contributed by atoms with Crippen molar-refractivity contribution >= 4 is 0 Å². The molecule has 3 N–H and O–H groups in total. The van der Waals surface area contributed by atoms with Crippen molar-refractivity contribution in [1.29, 1.82) is 0 Å². The first kappa shape index (κ1) is 27.4. The van der Waals surface area contributed by atoms with Crippen LogP contribution in [0.25, 0.3) is 0 Å². The van der Waals surface area contributed by atoms with Crippen LogP contribution in [0.3, 0.4) is 0 Å². The number of aromatic hydroxyl groups is 1. The number of halogens is 5. The number of aryl methyl sites for hydroxylation is 1. The zero-order valence-electron chi connectivity index (χ0n) is 20.7. The van der Waals surface area contributed by atoms with Gasteiger partial charge in [0.1, 0.15) is 11.9 Å². The normalized spacial score (nSPS) is 35.0. The van der Waals surface area contributed by atoms with Crippen molar-refractivity contribution < 1.29 is 37.3 Å². The van der Waals surface area contributed by atoms with Crippen molar-refractivity contribution in [1.82, 2.24) is 0 Å². The van der Waals surface area contributed by atoms with Crippen molar-refractivity contribution in [3.63, 3.8) is 0 Å². The van der Waals surface area contributed by atoms with E-state index in [1.165, 1.54) is 5.56 Å². The first-order valence-corrected chi connectivity index (χ1v) is 13.0. The molecule has 1 aromatic carbocycles.